The molecule has 4 unspecified atom stereocenters. The minimum absolute atomic E-state index is 0.00177. The van der Waals surface area contributed by atoms with Crippen LogP contribution in [0.2, 0.25) is 0 Å². The fourth-order valence-electron chi connectivity index (χ4n) is 17.5. The Bertz CT molecular complexity index is 3920. The highest BCUT2D eigenvalue weighted by atomic mass is 15.3. The van der Waals surface area contributed by atoms with Crippen molar-refractivity contribution in [1.29, 1.82) is 0 Å². The SMILES string of the molecule is CCC12CCCCC1(C)N(c1ccccc1)c1ccc(-c3ccc4c(c3)C(c3ccccc3)(c3ccccc3)c3c-4c4ccccc4c4cc(-c5ccc6c(c5)C5(CC)CCCCC5(C)N6c5ccccc5)ccc34)cc12. The van der Waals surface area contributed by atoms with Crippen molar-refractivity contribution in [3.05, 3.63) is 252 Å². The van der Waals surface area contributed by atoms with E-state index in [0.29, 0.717) is 0 Å². The molecule has 2 nitrogen and oxygen atoms in total. The molecule has 5 aliphatic rings. The molecule has 2 saturated carbocycles. The number of nitrogens with zero attached hydrogens (tertiary/aromatic N) is 2. The molecule has 0 amide bonds. The van der Waals surface area contributed by atoms with E-state index in [1.165, 1.54) is 162 Å². The maximum absolute atomic E-state index is 2.73. The molecule has 0 bridgehead atoms. The summed E-state index contributed by atoms with van der Waals surface area (Å²) in [7, 11) is 0. The molecule has 2 aliphatic heterocycles. The third kappa shape index (κ3) is 6.13. The second kappa shape index (κ2) is 17.2. The molecular weight excluding hydrogens is 929 g/mol. The number of fused-ring (bicyclic) bond motifs is 14. The van der Waals surface area contributed by atoms with Gasteiger partial charge in [0.2, 0.25) is 0 Å². The predicted octanol–water partition coefficient (Wildman–Crippen LogP) is 20.0. The van der Waals surface area contributed by atoms with Gasteiger partial charge >= 0.3 is 0 Å². The van der Waals surface area contributed by atoms with Gasteiger partial charge in [0, 0.05) is 33.6 Å². The van der Waals surface area contributed by atoms with E-state index in [0.717, 1.165) is 12.8 Å². The molecule has 378 valence electrons. The van der Waals surface area contributed by atoms with Crippen molar-refractivity contribution in [3.63, 3.8) is 0 Å². The van der Waals surface area contributed by atoms with Gasteiger partial charge in [0.25, 0.3) is 0 Å². The lowest BCUT2D eigenvalue weighted by Gasteiger charge is -2.51. The molecule has 0 saturated heterocycles. The molecule has 77 heavy (non-hydrogen) atoms. The number of benzene rings is 10. The average Bonchev–Trinajstić information content (AvgIpc) is 4.16. The second-order valence-electron chi connectivity index (χ2n) is 23.9. The molecule has 3 aliphatic carbocycles. The minimum atomic E-state index is -0.603. The fourth-order valence-corrected chi connectivity index (χ4v) is 17.5. The number of rotatable bonds is 8. The molecule has 10 aromatic rings. The van der Waals surface area contributed by atoms with Crippen LogP contribution in [0.25, 0.3) is 54.9 Å². The lowest BCUT2D eigenvalue weighted by atomic mass is 9.59. The Morgan fingerprint density at radius 1 is 0.364 bits per heavy atom. The molecule has 15 rings (SSSR count). The fraction of sp³-hybridized carbons (Fsp3) is 0.253. The Kier molecular flexibility index (Phi) is 10.4. The van der Waals surface area contributed by atoms with Gasteiger partial charge in [-0.25, -0.2) is 0 Å². The lowest BCUT2D eigenvalue weighted by Crippen LogP contribution is -2.55. The molecule has 2 fully saturated rings. The summed E-state index contributed by atoms with van der Waals surface area (Å²) >= 11 is 0. The summed E-state index contributed by atoms with van der Waals surface area (Å²) in [5.74, 6) is 0. The lowest BCUT2D eigenvalue weighted by molar-refractivity contribution is 0.170. The summed E-state index contributed by atoms with van der Waals surface area (Å²) < 4.78 is 0. The van der Waals surface area contributed by atoms with E-state index >= 15 is 0 Å². The van der Waals surface area contributed by atoms with E-state index in [1.54, 1.807) is 0 Å². The summed E-state index contributed by atoms with van der Waals surface area (Å²) in [4.78, 5) is 5.45. The standard InChI is InChI=1S/C75H68N2/c1-5-73-45-23-21-43-71(73,3)76(57-29-15-9-16-30-57)67-41-37-53(49-65(67)73)51-35-39-61-63(47-51)59-33-19-20-34-60(59)69-62-40-36-52(48-64(62)75(70(61)69,55-25-11-7-12-26-55)56-27-13-8-14-28-56)54-38-42-68-66(50-54)74(6-2)46-24-22-44-72(74,4)77(68)58-31-17-10-18-32-58/h7-20,25-42,47-50H,5-6,21-24,43-46H2,1-4H3. The van der Waals surface area contributed by atoms with E-state index in [4.69, 9.17) is 0 Å². The van der Waals surface area contributed by atoms with Crippen LogP contribution in [0.5, 0.6) is 0 Å². The van der Waals surface area contributed by atoms with Crippen molar-refractivity contribution in [2.24, 2.45) is 0 Å². The summed E-state index contributed by atoms with van der Waals surface area (Å²) in [5, 5.41) is 5.24. The Labute approximate surface area is 456 Å². The molecule has 2 heterocycles. The van der Waals surface area contributed by atoms with E-state index < -0.39 is 5.41 Å². The summed E-state index contributed by atoms with van der Waals surface area (Å²) in [6.45, 7) is 10.0. The van der Waals surface area contributed by atoms with Gasteiger partial charge in [-0.2, -0.15) is 0 Å². The molecule has 2 heteroatoms. The monoisotopic (exact) mass is 997 g/mol. The number of para-hydroxylation sites is 2. The van der Waals surface area contributed by atoms with Crippen LogP contribution < -0.4 is 9.80 Å². The van der Waals surface area contributed by atoms with Crippen molar-refractivity contribution in [3.8, 4) is 33.4 Å². The van der Waals surface area contributed by atoms with Gasteiger partial charge < -0.3 is 9.80 Å². The smallest absolute Gasteiger partial charge is 0.0720 e. The van der Waals surface area contributed by atoms with E-state index in [1.807, 2.05) is 0 Å². The minimum Gasteiger partial charge on any atom is -0.334 e. The molecular formula is C75H68N2. The molecule has 0 radical (unpaired) electrons. The average molecular weight is 997 g/mol. The summed E-state index contributed by atoms with van der Waals surface area (Å²) in [5.41, 5.74) is 21.1. The first-order chi connectivity index (χ1) is 37.8. The van der Waals surface area contributed by atoms with Gasteiger partial charge in [-0.3, -0.25) is 0 Å². The zero-order valence-corrected chi connectivity index (χ0v) is 45.3. The van der Waals surface area contributed by atoms with Gasteiger partial charge in [0.05, 0.1) is 16.5 Å². The van der Waals surface area contributed by atoms with Crippen LogP contribution in [-0.2, 0) is 16.2 Å². The maximum atomic E-state index is 2.73. The Balaban J connectivity index is 0.950. The van der Waals surface area contributed by atoms with Crippen molar-refractivity contribution < 1.29 is 0 Å². The van der Waals surface area contributed by atoms with Gasteiger partial charge in [-0.1, -0.05) is 197 Å². The Morgan fingerprint density at radius 3 is 1.29 bits per heavy atom. The quantitative estimate of drug-likeness (QED) is 0.140. The van der Waals surface area contributed by atoms with Gasteiger partial charge in [0.1, 0.15) is 0 Å². The van der Waals surface area contributed by atoms with Crippen LogP contribution in [-0.4, -0.2) is 11.1 Å². The molecule has 4 atom stereocenters. The van der Waals surface area contributed by atoms with Crippen molar-refractivity contribution in [2.45, 2.75) is 119 Å². The zero-order valence-electron chi connectivity index (χ0n) is 45.3. The van der Waals surface area contributed by atoms with Crippen LogP contribution in [0, 0.1) is 0 Å². The first-order valence-corrected chi connectivity index (χ1v) is 29.0. The largest absolute Gasteiger partial charge is 0.334 e. The van der Waals surface area contributed by atoms with E-state index in [9.17, 15) is 0 Å². The molecule has 0 spiro atoms. The Hall–Kier alpha value is -7.68. The number of anilines is 4. The topological polar surface area (TPSA) is 6.48 Å². The Morgan fingerprint density at radius 2 is 0.779 bits per heavy atom. The maximum Gasteiger partial charge on any atom is 0.0720 e. The highest BCUT2D eigenvalue weighted by molar-refractivity contribution is 6.20. The van der Waals surface area contributed by atoms with Crippen molar-refractivity contribution in [1.82, 2.24) is 0 Å². The van der Waals surface area contributed by atoms with Crippen LogP contribution in [0.3, 0.4) is 0 Å². The summed E-state index contributed by atoms with van der Waals surface area (Å²) in [6, 6.07) is 84.6. The van der Waals surface area contributed by atoms with E-state index in [-0.39, 0.29) is 21.9 Å². The third-order valence-corrected chi connectivity index (χ3v) is 21.0. The summed E-state index contributed by atoms with van der Waals surface area (Å²) in [6.07, 6.45) is 12.1. The van der Waals surface area contributed by atoms with Crippen LogP contribution in [0.1, 0.15) is 125 Å². The van der Waals surface area contributed by atoms with Crippen LogP contribution in [0.15, 0.2) is 218 Å². The first-order valence-electron chi connectivity index (χ1n) is 29.0. The van der Waals surface area contributed by atoms with Crippen molar-refractivity contribution >= 4 is 44.3 Å². The third-order valence-electron chi connectivity index (χ3n) is 21.0. The number of hydrogen-bond acceptors (Lipinski definition) is 2. The predicted molar refractivity (Wildman–Crippen MR) is 324 cm³/mol. The van der Waals surface area contributed by atoms with Gasteiger partial charge in [0.15, 0.2) is 0 Å². The van der Waals surface area contributed by atoms with Gasteiger partial charge in [-0.15, -0.1) is 0 Å². The van der Waals surface area contributed by atoms with Crippen molar-refractivity contribution in [2.75, 3.05) is 9.80 Å². The zero-order chi connectivity index (χ0) is 51.7. The molecule has 0 N–H and O–H groups in total. The highest BCUT2D eigenvalue weighted by Gasteiger charge is 2.61. The normalized spacial score (nSPS) is 23.5. The van der Waals surface area contributed by atoms with Gasteiger partial charge in [-0.05, 0) is 201 Å². The second-order valence-corrected chi connectivity index (χ2v) is 23.9. The first kappa shape index (κ1) is 46.6. The molecule has 0 aromatic heterocycles. The number of hydrogen-bond donors (Lipinski definition) is 0. The van der Waals surface area contributed by atoms with E-state index in [2.05, 4.69) is 256 Å². The van der Waals surface area contributed by atoms with Crippen LogP contribution >= 0.6 is 0 Å². The highest BCUT2D eigenvalue weighted by Crippen LogP contribution is 2.66. The molecule has 10 aromatic carbocycles. The van der Waals surface area contributed by atoms with Crippen LogP contribution in [0.4, 0.5) is 22.7 Å².